The minimum atomic E-state index is 0. The largest absolute Gasteiger partial charge is 1.00 e. The third-order valence-electron chi connectivity index (χ3n) is 4.05. The number of aromatic amines is 1. The van der Waals surface area contributed by atoms with Crippen molar-refractivity contribution in [2.45, 2.75) is 20.3 Å². The molecule has 3 aromatic rings. The van der Waals surface area contributed by atoms with Crippen molar-refractivity contribution in [1.82, 2.24) is 9.97 Å². The fourth-order valence-electron chi connectivity index (χ4n) is 2.61. The number of hydrogen-bond acceptors (Lipinski definition) is 5. The Bertz CT molecular complexity index is 840. The highest BCUT2D eigenvalue weighted by atomic mass is 79.9. The Kier molecular flexibility index (Phi) is 7.47. The molecule has 0 saturated carbocycles. The molecule has 0 saturated heterocycles. The van der Waals surface area contributed by atoms with Gasteiger partial charge >= 0.3 is 0 Å². The lowest BCUT2D eigenvalue weighted by Crippen LogP contribution is -3.00. The van der Waals surface area contributed by atoms with Crippen LogP contribution in [0, 0.1) is 6.92 Å². The molecule has 0 bridgehead atoms. The van der Waals surface area contributed by atoms with Gasteiger partial charge in [-0.1, -0.05) is 0 Å². The van der Waals surface area contributed by atoms with E-state index in [-0.39, 0.29) is 17.0 Å². The standard InChI is InChI=1S/C18H22N6S.BrH/c1-4-24(11-9-17-19-10-12-23(17)3)16-7-5-15(6-8-16)21-22-18-20-14(2)13-25-18;/h5-8,10,12-13H,4,9,11H2,1-3H3;1H. The highest BCUT2D eigenvalue weighted by Gasteiger charge is 2.10. The molecule has 0 spiro atoms. The van der Waals surface area contributed by atoms with Gasteiger partial charge in [-0.25, -0.2) is 14.5 Å². The summed E-state index contributed by atoms with van der Waals surface area (Å²) < 4.78 is 2.12. The molecule has 0 aliphatic rings. The quantitative estimate of drug-likeness (QED) is 0.446. The Balaban J connectivity index is 0.00000243. The molecule has 1 aromatic carbocycles. The van der Waals surface area contributed by atoms with Crippen LogP contribution in [0.15, 0.2) is 52.3 Å². The molecule has 0 radical (unpaired) electrons. The van der Waals surface area contributed by atoms with Gasteiger partial charge in [0.15, 0.2) is 0 Å². The molecule has 1 N–H and O–H groups in total. The first-order chi connectivity index (χ1) is 12.2. The summed E-state index contributed by atoms with van der Waals surface area (Å²) in [5, 5.41) is 11.1. The molecule has 6 nitrogen and oxygen atoms in total. The number of halogens is 1. The molecule has 0 atom stereocenters. The summed E-state index contributed by atoms with van der Waals surface area (Å²) in [5.41, 5.74) is 3.01. The first-order valence-electron chi connectivity index (χ1n) is 8.36. The number of H-pyrrole nitrogens is 1. The van der Waals surface area contributed by atoms with Gasteiger partial charge < -0.3 is 21.9 Å². The Hall–Kier alpha value is -2.06. The highest BCUT2D eigenvalue weighted by molar-refractivity contribution is 7.13. The number of aryl methyl sites for hydroxylation is 2. The van der Waals surface area contributed by atoms with Crippen molar-refractivity contribution in [3.63, 3.8) is 0 Å². The molecule has 2 aromatic heterocycles. The topological polar surface area (TPSA) is 60.5 Å². The molecule has 0 aliphatic carbocycles. The molecule has 0 amide bonds. The van der Waals surface area contributed by atoms with E-state index in [0.717, 1.165) is 30.9 Å². The summed E-state index contributed by atoms with van der Waals surface area (Å²) >= 11 is 1.50. The van der Waals surface area contributed by atoms with E-state index >= 15 is 0 Å². The number of imidazole rings is 1. The second kappa shape index (κ2) is 9.59. The summed E-state index contributed by atoms with van der Waals surface area (Å²) in [6, 6.07) is 8.19. The Labute approximate surface area is 168 Å². The number of thiazole rings is 1. The van der Waals surface area contributed by atoms with Crippen molar-refractivity contribution in [1.29, 1.82) is 0 Å². The van der Waals surface area contributed by atoms with Crippen LogP contribution < -0.4 is 26.4 Å². The summed E-state index contributed by atoms with van der Waals surface area (Å²) in [6.45, 7) is 6.05. The van der Waals surface area contributed by atoms with Crippen LogP contribution in [0.4, 0.5) is 16.5 Å². The maximum absolute atomic E-state index is 4.29. The minimum absolute atomic E-state index is 0. The number of nitrogens with one attached hydrogen (secondary N) is 1. The zero-order valence-electron chi connectivity index (χ0n) is 15.2. The van der Waals surface area contributed by atoms with Gasteiger partial charge in [0, 0.05) is 24.2 Å². The van der Waals surface area contributed by atoms with Crippen LogP contribution in [0.1, 0.15) is 18.4 Å². The Morgan fingerprint density at radius 2 is 2.00 bits per heavy atom. The lowest BCUT2D eigenvalue weighted by atomic mass is 10.2. The number of benzene rings is 1. The lowest BCUT2D eigenvalue weighted by Gasteiger charge is -2.22. The predicted molar refractivity (Wildman–Crippen MR) is 101 cm³/mol. The van der Waals surface area contributed by atoms with E-state index in [0.29, 0.717) is 5.13 Å². The number of hydrogen-bond donors (Lipinski definition) is 1. The van der Waals surface area contributed by atoms with Crippen molar-refractivity contribution < 1.29 is 21.5 Å². The maximum Gasteiger partial charge on any atom is 0.255 e. The van der Waals surface area contributed by atoms with Gasteiger partial charge in [-0.15, -0.1) is 21.6 Å². The summed E-state index contributed by atoms with van der Waals surface area (Å²) in [4.78, 5) is 9.92. The zero-order valence-corrected chi connectivity index (χ0v) is 17.6. The summed E-state index contributed by atoms with van der Waals surface area (Å²) in [6.07, 6.45) is 4.98. The van der Waals surface area contributed by atoms with Crippen molar-refractivity contribution in [2.75, 3.05) is 18.0 Å². The Morgan fingerprint density at radius 3 is 2.58 bits per heavy atom. The van der Waals surface area contributed by atoms with Crippen LogP contribution in [0.2, 0.25) is 0 Å². The van der Waals surface area contributed by atoms with Crippen molar-refractivity contribution in [2.24, 2.45) is 17.3 Å². The number of nitrogens with zero attached hydrogens (tertiary/aromatic N) is 5. The molecule has 3 rings (SSSR count). The van der Waals surface area contributed by atoms with Gasteiger partial charge in [0.1, 0.15) is 12.4 Å². The molecule has 0 aliphatic heterocycles. The number of azo groups is 1. The predicted octanol–water partition coefficient (Wildman–Crippen LogP) is 1.09. The van der Waals surface area contributed by atoms with E-state index in [2.05, 4.69) is 55.8 Å². The van der Waals surface area contributed by atoms with Crippen LogP contribution in [0.5, 0.6) is 0 Å². The fourth-order valence-corrected chi connectivity index (χ4v) is 3.23. The highest BCUT2D eigenvalue weighted by Crippen LogP contribution is 2.24. The first kappa shape index (κ1) is 20.3. The maximum atomic E-state index is 4.29. The van der Waals surface area contributed by atoms with Gasteiger partial charge in [-0.2, -0.15) is 0 Å². The fraction of sp³-hybridized carbons (Fsp3) is 0.333. The van der Waals surface area contributed by atoms with Gasteiger partial charge in [0.05, 0.1) is 24.8 Å². The third-order valence-corrected chi connectivity index (χ3v) is 4.89. The second-order valence-electron chi connectivity index (χ2n) is 5.84. The van der Waals surface area contributed by atoms with Gasteiger partial charge in [0.25, 0.3) is 5.82 Å². The molecule has 8 heteroatoms. The zero-order chi connectivity index (χ0) is 17.6. The molecule has 2 heterocycles. The van der Waals surface area contributed by atoms with E-state index in [9.17, 15) is 0 Å². The molecular weight excluding hydrogens is 412 g/mol. The Morgan fingerprint density at radius 1 is 1.23 bits per heavy atom. The smallest absolute Gasteiger partial charge is 0.255 e. The molecule has 0 unspecified atom stereocenters. The van der Waals surface area contributed by atoms with E-state index < -0.39 is 0 Å². The number of anilines is 1. The van der Waals surface area contributed by atoms with Crippen LogP contribution in [-0.4, -0.2) is 23.1 Å². The lowest BCUT2D eigenvalue weighted by molar-refractivity contribution is -0.677. The molecule has 0 fully saturated rings. The van der Waals surface area contributed by atoms with E-state index in [1.54, 1.807) is 0 Å². The SMILES string of the molecule is CCN(CCc1[nH]cc[n+]1C)c1ccc(N=Nc2nc(C)cs2)cc1.[Br-]. The first-order valence-corrected chi connectivity index (χ1v) is 9.24. The molecule has 138 valence electrons. The van der Waals surface area contributed by atoms with Crippen LogP contribution >= 0.6 is 11.3 Å². The normalized spacial score (nSPS) is 10.9. The molecule has 26 heavy (non-hydrogen) atoms. The monoisotopic (exact) mass is 434 g/mol. The van der Waals surface area contributed by atoms with E-state index in [4.69, 9.17) is 0 Å². The average molecular weight is 435 g/mol. The van der Waals surface area contributed by atoms with E-state index in [1.165, 1.54) is 22.8 Å². The summed E-state index contributed by atoms with van der Waals surface area (Å²) in [5.74, 6) is 1.22. The van der Waals surface area contributed by atoms with Crippen molar-refractivity contribution in [3.8, 4) is 0 Å². The number of likely N-dealkylation sites (N-methyl/N-ethyl adjacent to an activating group) is 1. The van der Waals surface area contributed by atoms with Crippen LogP contribution in [0.3, 0.4) is 0 Å². The number of rotatable bonds is 7. The average Bonchev–Trinajstić information content (AvgIpc) is 3.23. The van der Waals surface area contributed by atoms with Crippen molar-refractivity contribution >= 4 is 27.8 Å². The van der Waals surface area contributed by atoms with Crippen molar-refractivity contribution in [3.05, 3.63) is 53.6 Å². The van der Waals surface area contributed by atoms with Gasteiger partial charge in [-0.3, -0.25) is 0 Å². The van der Waals surface area contributed by atoms with Gasteiger partial charge in [-0.05, 0) is 38.1 Å². The number of aromatic nitrogens is 3. The van der Waals surface area contributed by atoms with Gasteiger partial charge in [0.2, 0.25) is 5.13 Å². The van der Waals surface area contributed by atoms with Crippen LogP contribution in [-0.2, 0) is 13.5 Å². The third kappa shape index (κ3) is 5.22. The second-order valence-corrected chi connectivity index (χ2v) is 6.67. The van der Waals surface area contributed by atoms with E-state index in [1.807, 2.05) is 36.8 Å². The van der Waals surface area contributed by atoms with Crippen LogP contribution in [0.25, 0.3) is 0 Å². The minimum Gasteiger partial charge on any atom is -1.00 e. The summed E-state index contributed by atoms with van der Waals surface area (Å²) in [7, 11) is 2.06. The molecular formula is C18H23BrN6S.